The summed E-state index contributed by atoms with van der Waals surface area (Å²) >= 11 is 0. The van der Waals surface area contributed by atoms with E-state index in [1.165, 1.54) is 5.56 Å². The summed E-state index contributed by atoms with van der Waals surface area (Å²) in [6.07, 6.45) is 4.12. The molecule has 1 heterocycles. The molecule has 112 valence electrons. The van der Waals surface area contributed by atoms with Crippen LogP contribution in [0.4, 0.5) is 0 Å². The average Bonchev–Trinajstić information content (AvgIpc) is 2.93. The Morgan fingerprint density at radius 2 is 1.95 bits per heavy atom. The molecule has 0 unspecified atom stereocenters. The molecule has 0 amide bonds. The minimum atomic E-state index is 0.700. The smallest absolute Gasteiger partial charge is 0.191 e. The first-order valence-corrected chi connectivity index (χ1v) is 6.89. The Morgan fingerprint density at radius 1 is 1.19 bits per heavy atom. The average molecular weight is 286 g/mol. The maximum absolute atomic E-state index is 5.22. The second kappa shape index (κ2) is 7.38. The summed E-state index contributed by atoms with van der Waals surface area (Å²) in [6, 6.07) is 10.1. The molecule has 0 saturated carbocycles. The van der Waals surface area contributed by atoms with Gasteiger partial charge in [0.15, 0.2) is 5.96 Å². The van der Waals surface area contributed by atoms with Gasteiger partial charge in [-0.1, -0.05) is 12.1 Å². The largest absolute Gasteiger partial charge is 0.497 e. The van der Waals surface area contributed by atoms with Gasteiger partial charge < -0.3 is 19.9 Å². The molecule has 0 fully saturated rings. The van der Waals surface area contributed by atoms with Gasteiger partial charge in [0, 0.05) is 39.6 Å². The number of hydrogen-bond acceptors (Lipinski definition) is 2. The maximum Gasteiger partial charge on any atom is 0.191 e. The quantitative estimate of drug-likeness (QED) is 0.652. The number of aromatic nitrogens is 1. The van der Waals surface area contributed by atoms with Gasteiger partial charge in [0.25, 0.3) is 0 Å². The number of hydrogen-bond donors (Lipinski definition) is 2. The summed E-state index contributed by atoms with van der Waals surface area (Å²) in [5, 5.41) is 6.58. The standard InChI is InChI=1S/C16H22N4O/c1-17-16(19-11-14-7-8-20(2)12-14)18-10-13-5-4-6-15(9-13)21-3/h4-9,12H,10-11H2,1-3H3,(H2,17,18,19). The van der Waals surface area contributed by atoms with Crippen molar-refractivity contribution in [3.63, 3.8) is 0 Å². The van der Waals surface area contributed by atoms with Gasteiger partial charge >= 0.3 is 0 Å². The first-order valence-electron chi connectivity index (χ1n) is 6.89. The minimum Gasteiger partial charge on any atom is -0.497 e. The molecule has 0 aliphatic carbocycles. The van der Waals surface area contributed by atoms with E-state index in [2.05, 4.69) is 34.0 Å². The van der Waals surface area contributed by atoms with E-state index in [9.17, 15) is 0 Å². The predicted octanol–water partition coefficient (Wildman–Crippen LogP) is 1.90. The second-order valence-corrected chi connectivity index (χ2v) is 4.82. The molecule has 1 aromatic carbocycles. The van der Waals surface area contributed by atoms with Gasteiger partial charge in [-0.3, -0.25) is 4.99 Å². The molecule has 0 spiro atoms. The monoisotopic (exact) mass is 286 g/mol. The molecule has 0 saturated heterocycles. The molecule has 5 heteroatoms. The topological polar surface area (TPSA) is 50.6 Å². The number of aryl methyl sites for hydroxylation is 1. The van der Waals surface area contributed by atoms with Crippen molar-refractivity contribution >= 4 is 5.96 Å². The highest BCUT2D eigenvalue weighted by Gasteiger charge is 2.01. The van der Waals surface area contributed by atoms with Gasteiger partial charge in [0.1, 0.15) is 5.75 Å². The summed E-state index contributed by atoms with van der Waals surface area (Å²) in [4.78, 5) is 4.22. The molecular weight excluding hydrogens is 264 g/mol. The van der Waals surface area contributed by atoms with E-state index < -0.39 is 0 Å². The van der Waals surface area contributed by atoms with Gasteiger partial charge in [0.05, 0.1) is 7.11 Å². The third kappa shape index (κ3) is 4.56. The van der Waals surface area contributed by atoms with Crippen LogP contribution >= 0.6 is 0 Å². The Labute approximate surface area is 125 Å². The Balaban J connectivity index is 1.84. The molecule has 0 bridgehead atoms. The highest BCUT2D eigenvalue weighted by molar-refractivity contribution is 5.79. The Bertz CT molecular complexity index is 604. The van der Waals surface area contributed by atoms with Crippen LogP contribution in [0.2, 0.25) is 0 Å². The Morgan fingerprint density at radius 3 is 2.57 bits per heavy atom. The van der Waals surface area contributed by atoms with E-state index in [4.69, 9.17) is 4.74 Å². The zero-order chi connectivity index (χ0) is 15.1. The van der Waals surface area contributed by atoms with E-state index in [-0.39, 0.29) is 0 Å². The van der Waals surface area contributed by atoms with Crippen LogP contribution in [0.1, 0.15) is 11.1 Å². The molecular formula is C16H22N4O. The number of aliphatic imine (C=N–C) groups is 1. The van der Waals surface area contributed by atoms with Gasteiger partial charge in [-0.25, -0.2) is 0 Å². The first-order chi connectivity index (χ1) is 10.2. The lowest BCUT2D eigenvalue weighted by molar-refractivity contribution is 0.414. The Hall–Kier alpha value is -2.43. The molecule has 1 aromatic heterocycles. The zero-order valence-corrected chi connectivity index (χ0v) is 12.8. The van der Waals surface area contributed by atoms with E-state index >= 15 is 0 Å². The number of methoxy groups -OCH3 is 1. The van der Waals surface area contributed by atoms with Gasteiger partial charge in [-0.2, -0.15) is 0 Å². The highest BCUT2D eigenvalue weighted by atomic mass is 16.5. The third-order valence-corrected chi connectivity index (χ3v) is 3.17. The van der Waals surface area contributed by atoms with E-state index in [1.54, 1.807) is 14.2 Å². The van der Waals surface area contributed by atoms with Gasteiger partial charge in [-0.05, 0) is 29.3 Å². The second-order valence-electron chi connectivity index (χ2n) is 4.82. The lowest BCUT2D eigenvalue weighted by Crippen LogP contribution is -2.36. The number of nitrogens with one attached hydrogen (secondary N) is 2. The summed E-state index contributed by atoms with van der Waals surface area (Å²) in [7, 11) is 5.46. The van der Waals surface area contributed by atoms with Gasteiger partial charge in [0.2, 0.25) is 0 Å². The molecule has 0 aliphatic heterocycles. The normalized spacial score (nSPS) is 11.3. The molecule has 2 aromatic rings. The summed E-state index contributed by atoms with van der Waals surface area (Å²) in [5.74, 6) is 1.64. The van der Waals surface area contributed by atoms with Crippen molar-refractivity contribution in [1.29, 1.82) is 0 Å². The summed E-state index contributed by atoms with van der Waals surface area (Å²) in [6.45, 7) is 1.45. The van der Waals surface area contributed by atoms with Crippen LogP contribution in [-0.2, 0) is 20.1 Å². The van der Waals surface area contributed by atoms with Crippen LogP contribution in [0.25, 0.3) is 0 Å². The number of guanidine groups is 1. The number of ether oxygens (including phenoxy) is 1. The fourth-order valence-corrected chi connectivity index (χ4v) is 2.04. The summed E-state index contributed by atoms with van der Waals surface area (Å²) in [5.41, 5.74) is 2.37. The number of nitrogens with zero attached hydrogens (tertiary/aromatic N) is 2. The lowest BCUT2D eigenvalue weighted by Gasteiger charge is -2.12. The van der Waals surface area contributed by atoms with Crippen LogP contribution in [0.3, 0.4) is 0 Å². The first kappa shape index (κ1) is 15.0. The van der Waals surface area contributed by atoms with Crippen molar-refractivity contribution in [2.45, 2.75) is 13.1 Å². The van der Waals surface area contributed by atoms with E-state index in [0.717, 1.165) is 23.8 Å². The minimum absolute atomic E-state index is 0.700. The molecule has 0 radical (unpaired) electrons. The van der Waals surface area contributed by atoms with Crippen LogP contribution in [-0.4, -0.2) is 24.7 Å². The fourth-order valence-electron chi connectivity index (χ4n) is 2.04. The van der Waals surface area contributed by atoms with Crippen LogP contribution < -0.4 is 15.4 Å². The number of rotatable bonds is 5. The SMILES string of the molecule is CN=C(NCc1cccc(OC)c1)NCc1ccn(C)c1. The van der Waals surface area contributed by atoms with Crippen molar-refractivity contribution < 1.29 is 4.74 Å². The number of benzene rings is 1. The van der Waals surface area contributed by atoms with Crippen molar-refractivity contribution in [3.8, 4) is 5.75 Å². The molecule has 0 atom stereocenters. The van der Waals surface area contributed by atoms with Crippen molar-refractivity contribution in [3.05, 3.63) is 53.9 Å². The molecule has 5 nitrogen and oxygen atoms in total. The van der Waals surface area contributed by atoms with Crippen molar-refractivity contribution in [2.75, 3.05) is 14.2 Å². The maximum atomic E-state index is 5.22. The molecule has 2 rings (SSSR count). The van der Waals surface area contributed by atoms with Crippen LogP contribution in [0.5, 0.6) is 5.75 Å². The van der Waals surface area contributed by atoms with Crippen molar-refractivity contribution in [2.24, 2.45) is 12.0 Å². The Kier molecular flexibility index (Phi) is 5.26. The lowest BCUT2D eigenvalue weighted by atomic mass is 10.2. The third-order valence-electron chi connectivity index (χ3n) is 3.17. The predicted molar refractivity (Wildman–Crippen MR) is 85.4 cm³/mol. The fraction of sp³-hybridized carbons (Fsp3) is 0.312. The highest BCUT2D eigenvalue weighted by Crippen LogP contribution is 2.12. The van der Waals surface area contributed by atoms with Crippen LogP contribution in [0.15, 0.2) is 47.7 Å². The van der Waals surface area contributed by atoms with Crippen molar-refractivity contribution in [1.82, 2.24) is 15.2 Å². The molecule has 2 N–H and O–H groups in total. The summed E-state index contributed by atoms with van der Waals surface area (Å²) < 4.78 is 7.25. The van der Waals surface area contributed by atoms with E-state index in [1.807, 2.05) is 36.0 Å². The van der Waals surface area contributed by atoms with E-state index in [0.29, 0.717) is 6.54 Å². The van der Waals surface area contributed by atoms with Crippen LogP contribution in [0, 0.1) is 0 Å². The van der Waals surface area contributed by atoms with Gasteiger partial charge in [-0.15, -0.1) is 0 Å². The molecule has 21 heavy (non-hydrogen) atoms. The molecule has 0 aliphatic rings. The zero-order valence-electron chi connectivity index (χ0n) is 12.8.